The van der Waals surface area contributed by atoms with Crippen LogP contribution in [0.1, 0.15) is 51.4 Å². The van der Waals surface area contributed by atoms with Gasteiger partial charge in [0.1, 0.15) is 17.2 Å². The fourth-order valence-corrected chi connectivity index (χ4v) is 2.79. The van der Waals surface area contributed by atoms with Gasteiger partial charge in [-0.25, -0.2) is 13.6 Å². The molecule has 0 aliphatic heterocycles. The van der Waals surface area contributed by atoms with Crippen LogP contribution in [0.2, 0.25) is 0 Å². The van der Waals surface area contributed by atoms with Gasteiger partial charge in [0.05, 0.1) is 12.2 Å². The SMILES string of the molecule is C.C=C(Nc1ccc(NC(=O)NCCC(C)(C)F)cc1)c1c(N)cc(OCC(C)C)cc1F.[CH3-].[HH].[HH].[HH].[V]. The Labute approximate surface area is 225 Å². The topological polar surface area (TPSA) is 88.4 Å². The van der Waals surface area contributed by atoms with E-state index in [9.17, 15) is 13.6 Å². The Balaban J connectivity index is -0.000000605. The van der Waals surface area contributed by atoms with Gasteiger partial charge in [-0.15, -0.1) is 0 Å². The summed E-state index contributed by atoms with van der Waals surface area (Å²) >= 11 is 0. The van der Waals surface area contributed by atoms with Gasteiger partial charge in [0.25, 0.3) is 0 Å². The summed E-state index contributed by atoms with van der Waals surface area (Å²) in [4.78, 5) is 11.9. The number of hydrogen-bond donors (Lipinski definition) is 4. The summed E-state index contributed by atoms with van der Waals surface area (Å²) in [7, 11) is 0. The minimum atomic E-state index is -1.34. The van der Waals surface area contributed by atoms with E-state index >= 15 is 0 Å². The fourth-order valence-electron chi connectivity index (χ4n) is 2.79. The Morgan fingerprint density at radius 2 is 1.71 bits per heavy atom. The number of hydrogen-bond acceptors (Lipinski definition) is 4. The number of anilines is 3. The summed E-state index contributed by atoms with van der Waals surface area (Å²) in [6, 6.07) is 9.21. The van der Waals surface area contributed by atoms with Gasteiger partial charge in [0, 0.05) is 64.3 Å². The Morgan fingerprint density at radius 3 is 2.20 bits per heavy atom. The van der Waals surface area contributed by atoms with Crippen molar-refractivity contribution in [1.29, 1.82) is 0 Å². The zero-order valence-corrected chi connectivity index (χ0v) is 21.9. The maximum absolute atomic E-state index is 14.6. The van der Waals surface area contributed by atoms with E-state index in [4.69, 9.17) is 10.5 Å². The number of alkyl halides is 1. The molecule has 6 nitrogen and oxygen atoms in total. The molecular formula is C26H45F2N4O2V-. The van der Waals surface area contributed by atoms with Gasteiger partial charge in [-0.3, -0.25) is 0 Å². The molecule has 0 saturated carbocycles. The van der Waals surface area contributed by atoms with E-state index in [1.165, 1.54) is 19.9 Å². The number of carbonyl (C=O) groups excluding carboxylic acids is 1. The number of ether oxygens (including phenoxy) is 1. The molecule has 2 rings (SSSR count). The summed E-state index contributed by atoms with van der Waals surface area (Å²) < 4.78 is 33.6. The normalized spacial score (nSPS) is 10.3. The molecule has 0 spiro atoms. The van der Waals surface area contributed by atoms with E-state index in [2.05, 4.69) is 22.5 Å². The number of nitrogen functional groups attached to an aromatic ring is 1. The van der Waals surface area contributed by atoms with Crippen LogP contribution in [0.25, 0.3) is 5.70 Å². The zero-order valence-electron chi connectivity index (χ0n) is 20.5. The average molecular weight is 535 g/mol. The van der Waals surface area contributed by atoms with Crippen LogP contribution in [0.4, 0.5) is 30.6 Å². The third-order valence-corrected chi connectivity index (χ3v) is 4.42. The molecule has 5 N–H and O–H groups in total. The first kappa shape index (κ1) is 34.5. The summed E-state index contributed by atoms with van der Waals surface area (Å²) in [5.74, 6) is 0.142. The van der Waals surface area contributed by atoms with Gasteiger partial charge in [-0.2, -0.15) is 0 Å². The number of amides is 2. The Kier molecular flexibility index (Phi) is 15.1. The van der Waals surface area contributed by atoms with Crippen molar-refractivity contribution < 1.29 is 41.1 Å². The molecule has 0 saturated heterocycles. The second-order valence-electron chi connectivity index (χ2n) is 8.60. The molecule has 0 heterocycles. The molecule has 35 heavy (non-hydrogen) atoms. The van der Waals surface area contributed by atoms with Crippen molar-refractivity contribution in [3.8, 4) is 5.75 Å². The third-order valence-electron chi connectivity index (χ3n) is 4.42. The van der Waals surface area contributed by atoms with Crippen molar-refractivity contribution in [2.24, 2.45) is 5.92 Å². The number of benzene rings is 2. The van der Waals surface area contributed by atoms with Gasteiger partial charge in [0.15, 0.2) is 0 Å². The summed E-state index contributed by atoms with van der Waals surface area (Å²) in [5, 5.41) is 8.29. The smallest absolute Gasteiger partial charge is 0.319 e. The van der Waals surface area contributed by atoms with E-state index in [1.54, 1.807) is 30.3 Å². The van der Waals surface area contributed by atoms with Crippen LogP contribution in [0.15, 0.2) is 43.0 Å². The first-order valence-electron chi connectivity index (χ1n) is 10.5. The van der Waals surface area contributed by atoms with Crippen molar-refractivity contribution in [3.05, 3.63) is 61.8 Å². The Hall–Kier alpha value is -2.71. The number of nitrogens with two attached hydrogens (primary N) is 1. The van der Waals surface area contributed by atoms with Gasteiger partial charge < -0.3 is 33.8 Å². The molecular weight excluding hydrogens is 489 g/mol. The van der Waals surface area contributed by atoms with Crippen LogP contribution in [0.5, 0.6) is 5.75 Å². The van der Waals surface area contributed by atoms with Gasteiger partial charge in [-0.05, 0) is 50.5 Å². The molecule has 0 bridgehead atoms. The second kappa shape index (κ2) is 15.3. The number of rotatable bonds is 10. The van der Waals surface area contributed by atoms with E-state index in [1.807, 2.05) is 13.8 Å². The number of nitrogens with one attached hydrogen (secondary N) is 3. The summed E-state index contributed by atoms with van der Waals surface area (Å²) in [6.45, 7) is 11.5. The van der Waals surface area contributed by atoms with E-state index < -0.39 is 17.5 Å². The number of halogens is 2. The molecule has 201 valence electrons. The molecule has 9 heteroatoms. The minimum Gasteiger partial charge on any atom is -0.493 e. The van der Waals surface area contributed by atoms with Crippen molar-refractivity contribution in [1.82, 2.24) is 5.32 Å². The molecule has 0 aromatic heterocycles. The maximum Gasteiger partial charge on any atom is 0.319 e. The predicted octanol–water partition coefficient (Wildman–Crippen LogP) is 7.61. The molecule has 2 amide bonds. The van der Waals surface area contributed by atoms with E-state index in [0.717, 1.165) is 0 Å². The van der Waals surface area contributed by atoms with E-state index in [-0.39, 0.29) is 61.9 Å². The molecule has 1 radical (unpaired) electrons. The summed E-state index contributed by atoms with van der Waals surface area (Å²) in [5.41, 5.74) is 6.56. The molecule has 0 fully saturated rings. The average Bonchev–Trinajstić information content (AvgIpc) is 2.66. The molecule has 0 unspecified atom stereocenters. The largest absolute Gasteiger partial charge is 0.493 e. The zero-order chi connectivity index (χ0) is 23.9. The first-order chi connectivity index (χ1) is 14.9. The van der Waals surface area contributed by atoms with Crippen LogP contribution in [-0.4, -0.2) is 24.9 Å². The van der Waals surface area contributed by atoms with Gasteiger partial charge >= 0.3 is 6.03 Å². The van der Waals surface area contributed by atoms with Crippen molar-refractivity contribution >= 4 is 28.8 Å². The van der Waals surface area contributed by atoms with Gasteiger partial charge in [0.2, 0.25) is 0 Å². The van der Waals surface area contributed by atoms with Crippen LogP contribution >= 0.6 is 0 Å². The first-order valence-corrected chi connectivity index (χ1v) is 10.5. The van der Waals surface area contributed by atoms with Crippen molar-refractivity contribution in [3.63, 3.8) is 0 Å². The predicted molar refractivity (Wildman–Crippen MR) is 147 cm³/mol. The van der Waals surface area contributed by atoms with E-state index in [0.29, 0.717) is 35.3 Å². The molecule has 2 aromatic carbocycles. The fraction of sp³-hybridized carbons (Fsp3) is 0.385. The third kappa shape index (κ3) is 12.0. The maximum atomic E-state index is 14.6. The van der Waals surface area contributed by atoms with Gasteiger partial charge in [-0.1, -0.05) is 27.9 Å². The van der Waals surface area contributed by atoms with Crippen LogP contribution in [-0.2, 0) is 18.6 Å². The number of carbonyl (C=O) groups is 1. The molecule has 0 atom stereocenters. The van der Waals surface area contributed by atoms with Crippen molar-refractivity contribution in [2.75, 3.05) is 29.5 Å². The monoisotopic (exact) mass is 534 g/mol. The molecule has 0 aliphatic carbocycles. The van der Waals surface area contributed by atoms with Crippen LogP contribution in [0.3, 0.4) is 0 Å². The second-order valence-corrected chi connectivity index (χ2v) is 8.60. The van der Waals surface area contributed by atoms with Crippen LogP contribution in [0, 0.1) is 19.2 Å². The van der Waals surface area contributed by atoms with Crippen molar-refractivity contribution in [2.45, 2.75) is 47.2 Å². The molecule has 0 aliphatic rings. The number of urea groups is 1. The minimum absolute atomic E-state index is 0. The quantitative estimate of drug-likeness (QED) is 0.187. The molecule has 2 aromatic rings. The standard InChI is InChI=1S/C24H32F2N4O2.CH4.CH3.V.3H2/c1-15(2)14-32-19-12-20(25)22(21(27)13-19)16(3)29-17-6-8-18(9-7-17)30-23(31)28-11-10-24(4,5)26;;;;;;/h6-9,12-13,15,29H,3,10-11,14,27H2,1-2,4-5H3,(H2,28,30,31);1H4;1H3;;3*1H/q;;-1;;;;. The Bertz CT molecular complexity index is 937. The Morgan fingerprint density at radius 1 is 1.17 bits per heavy atom. The summed E-state index contributed by atoms with van der Waals surface area (Å²) in [6.07, 6.45) is 0.218. The van der Waals surface area contributed by atoms with Crippen LogP contribution < -0.4 is 26.4 Å².